The molecule has 9 heteroatoms. The van der Waals surface area contributed by atoms with Crippen molar-refractivity contribution in [3.05, 3.63) is 53.6 Å². The highest BCUT2D eigenvalue weighted by Crippen LogP contribution is 2.25. The van der Waals surface area contributed by atoms with E-state index in [1.807, 2.05) is 19.1 Å². The largest absolute Gasteiger partial charge is 0.459 e. The van der Waals surface area contributed by atoms with Crippen molar-refractivity contribution in [3.63, 3.8) is 0 Å². The fourth-order valence-corrected chi connectivity index (χ4v) is 4.39. The lowest BCUT2D eigenvalue weighted by molar-refractivity contribution is -0.163. The lowest BCUT2D eigenvalue weighted by Crippen LogP contribution is -2.50. The molecule has 2 aromatic carbocycles. The molecule has 0 saturated carbocycles. The fourth-order valence-electron chi connectivity index (χ4n) is 3.02. The summed E-state index contributed by atoms with van der Waals surface area (Å²) in [6.45, 7) is 9.31. The average Bonchev–Trinajstić information content (AvgIpc) is 2.77. The maximum absolute atomic E-state index is 13.6. The Balaban J connectivity index is 2.36. The number of halogens is 1. The van der Waals surface area contributed by atoms with Crippen molar-refractivity contribution in [2.24, 2.45) is 0 Å². The summed E-state index contributed by atoms with van der Waals surface area (Å²) < 4.78 is 25.6. The van der Waals surface area contributed by atoms with Crippen molar-refractivity contribution >= 4 is 34.5 Å². The molecular formula is C26H34ClNO6S. The molecular weight excluding hydrogens is 490 g/mol. The molecule has 2 aromatic rings. The summed E-state index contributed by atoms with van der Waals surface area (Å²) >= 11 is 5.96. The Labute approximate surface area is 215 Å². The molecule has 0 radical (unpaired) electrons. The zero-order valence-electron chi connectivity index (χ0n) is 21.0. The van der Waals surface area contributed by atoms with E-state index in [2.05, 4.69) is 0 Å². The van der Waals surface area contributed by atoms with Crippen molar-refractivity contribution < 1.29 is 28.4 Å². The minimum Gasteiger partial charge on any atom is -0.459 e. The summed E-state index contributed by atoms with van der Waals surface area (Å²) in [4.78, 5) is 25.9. The summed E-state index contributed by atoms with van der Waals surface area (Å²) in [5.74, 6) is -1.45. The van der Waals surface area contributed by atoms with Crippen LogP contribution in [0.25, 0.3) is 11.1 Å². The number of aliphatic hydroxyl groups excluding tert-OH is 1. The molecule has 0 spiro atoms. The van der Waals surface area contributed by atoms with Gasteiger partial charge in [0.05, 0.1) is 11.5 Å². The topological polar surface area (TPSA) is 93.1 Å². The quantitative estimate of drug-likeness (QED) is 0.451. The monoisotopic (exact) mass is 523 g/mol. The average molecular weight is 524 g/mol. The number of ether oxygens (including phenoxy) is 2. The minimum atomic E-state index is -1.97. The Morgan fingerprint density at radius 2 is 1.49 bits per heavy atom. The van der Waals surface area contributed by atoms with Crippen molar-refractivity contribution in [2.75, 3.05) is 13.2 Å². The molecule has 0 heterocycles. The third-order valence-corrected chi connectivity index (χ3v) is 6.91. The molecule has 35 heavy (non-hydrogen) atoms. The van der Waals surface area contributed by atoms with Gasteiger partial charge in [-0.05, 0) is 76.4 Å². The van der Waals surface area contributed by atoms with Gasteiger partial charge in [0.1, 0.15) is 34.8 Å². The molecule has 7 nitrogen and oxygen atoms in total. The molecule has 0 aromatic heterocycles. The number of carbonyl (C=O) groups is 2. The summed E-state index contributed by atoms with van der Waals surface area (Å²) in [7, 11) is -1.97. The van der Waals surface area contributed by atoms with Gasteiger partial charge in [0.2, 0.25) is 0 Å². The zero-order valence-corrected chi connectivity index (χ0v) is 22.6. The normalized spacial score (nSPS) is 13.9. The summed E-state index contributed by atoms with van der Waals surface area (Å²) in [6.07, 6.45) is 0.573. The molecule has 0 aliphatic rings. The van der Waals surface area contributed by atoms with Gasteiger partial charge in [-0.2, -0.15) is 4.31 Å². The first-order valence-electron chi connectivity index (χ1n) is 11.4. The number of hydrogen-bond acceptors (Lipinski definition) is 6. The van der Waals surface area contributed by atoms with Crippen LogP contribution in [0, 0.1) is 0 Å². The predicted octanol–water partition coefficient (Wildman–Crippen LogP) is 4.77. The van der Waals surface area contributed by atoms with Gasteiger partial charge in [-0.25, -0.2) is 4.21 Å². The van der Waals surface area contributed by atoms with Crippen LogP contribution in [-0.4, -0.2) is 56.0 Å². The second-order valence-electron chi connectivity index (χ2n) is 9.67. The molecule has 1 N–H and O–H groups in total. The SMILES string of the molecule is CCC(C)(C)OC(=O)CN(C(CO)C(=O)OC(C)(C)C)S(=O)c1ccc(-c2ccc(Cl)cc2)cc1. The van der Waals surface area contributed by atoms with Gasteiger partial charge in [0, 0.05) is 5.02 Å². The van der Waals surface area contributed by atoms with E-state index in [0.717, 1.165) is 15.4 Å². The predicted molar refractivity (Wildman–Crippen MR) is 137 cm³/mol. The van der Waals surface area contributed by atoms with Crippen LogP contribution >= 0.6 is 11.6 Å². The summed E-state index contributed by atoms with van der Waals surface area (Å²) in [5.41, 5.74) is 0.244. The van der Waals surface area contributed by atoms with Crippen LogP contribution in [0.1, 0.15) is 48.0 Å². The summed E-state index contributed by atoms with van der Waals surface area (Å²) in [5, 5.41) is 10.6. The fraction of sp³-hybridized carbons (Fsp3) is 0.462. The van der Waals surface area contributed by atoms with E-state index in [-0.39, 0.29) is 0 Å². The van der Waals surface area contributed by atoms with E-state index in [9.17, 15) is 18.9 Å². The van der Waals surface area contributed by atoms with E-state index in [1.165, 1.54) is 0 Å². The smallest absolute Gasteiger partial charge is 0.327 e. The van der Waals surface area contributed by atoms with Gasteiger partial charge in [-0.3, -0.25) is 9.59 Å². The molecule has 0 fully saturated rings. The third kappa shape index (κ3) is 8.72. The maximum Gasteiger partial charge on any atom is 0.327 e. The minimum absolute atomic E-state index is 0.354. The van der Waals surface area contributed by atoms with Gasteiger partial charge in [0.25, 0.3) is 0 Å². The molecule has 0 bridgehead atoms. The van der Waals surface area contributed by atoms with Crippen LogP contribution in [0.3, 0.4) is 0 Å². The number of nitrogens with zero attached hydrogens (tertiary/aromatic N) is 1. The Kier molecular flexibility index (Phi) is 10.0. The molecule has 0 aliphatic heterocycles. The van der Waals surface area contributed by atoms with Crippen molar-refractivity contribution in [1.82, 2.24) is 4.31 Å². The highest BCUT2D eigenvalue weighted by atomic mass is 35.5. The number of hydrogen-bond donors (Lipinski definition) is 1. The van der Waals surface area contributed by atoms with Crippen LogP contribution in [0.5, 0.6) is 0 Å². The zero-order chi connectivity index (χ0) is 26.4. The second kappa shape index (κ2) is 12.1. The highest BCUT2D eigenvalue weighted by molar-refractivity contribution is 7.82. The van der Waals surface area contributed by atoms with Crippen LogP contribution in [-0.2, 0) is 30.0 Å². The molecule has 0 amide bonds. The van der Waals surface area contributed by atoms with Crippen LogP contribution in [0.2, 0.25) is 5.02 Å². The number of rotatable bonds is 10. The highest BCUT2D eigenvalue weighted by Gasteiger charge is 2.36. The third-order valence-electron chi connectivity index (χ3n) is 5.17. The number of esters is 2. The van der Waals surface area contributed by atoms with Gasteiger partial charge in [-0.15, -0.1) is 0 Å². The molecule has 2 atom stereocenters. The van der Waals surface area contributed by atoms with Gasteiger partial charge >= 0.3 is 11.9 Å². The van der Waals surface area contributed by atoms with Crippen LogP contribution in [0.4, 0.5) is 0 Å². The molecule has 192 valence electrons. The number of carbonyl (C=O) groups excluding carboxylic acids is 2. The van der Waals surface area contributed by atoms with E-state index in [1.54, 1.807) is 71.0 Å². The lowest BCUT2D eigenvalue weighted by atomic mass is 10.1. The van der Waals surface area contributed by atoms with E-state index in [0.29, 0.717) is 16.3 Å². The van der Waals surface area contributed by atoms with E-state index in [4.69, 9.17) is 21.1 Å². The molecule has 2 unspecified atom stereocenters. The Bertz CT molecular complexity index is 1030. The Morgan fingerprint density at radius 1 is 0.971 bits per heavy atom. The molecule has 2 rings (SSSR count). The van der Waals surface area contributed by atoms with Gasteiger partial charge < -0.3 is 14.6 Å². The first-order valence-corrected chi connectivity index (χ1v) is 12.8. The van der Waals surface area contributed by atoms with E-state index < -0.39 is 53.3 Å². The molecule has 0 saturated heterocycles. The standard InChI is InChI=1S/C26H34ClNO6S/c1-7-26(5,6)33-23(30)16-28(22(17-29)24(31)34-25(2,3)4)35(32)21-14-10-19(11-15-21)18-8-12-20(27)13-9-18/h8-15,22,29H,7,16-17H2,1-6H3. The van der Waals surface area contributed by atoms with E-state index >= 15 is 0 Å². The van der Waals surface area contributed by atoms with Crippen molar-refractivity contribution in [3.8, 4) is 11.1 Å². The Hall–Kier alpha value is -2.26. The van der Waals surface area contributed by atoms with Gasteiger partial charge in [0.15, 0.2) is 0 Å². The van der Waals surface area contributed by atoms with Gasteiger partial charge in [-0.1, -0.05) is 42.8 Å². The molecule has 0 aliphatic carbocycles. The van der Waals surface area contributed by atoms with Crippen molar-refractivity contribution in [1.29, 1.82) is 0 Å². The first kappa shape index (κ1) is 29.0. The maximum atomic E-state index is 13.6. The summed E-state index contributed by atoms with van der Waals surface area (Å²) in [6, 6.07) is 12.8. The lowest BCUT2D eigenvalue weighted by Gasteiger charge is -2.31. The first-order chi connectivity index (χ1) is 16.3. The number of aliphatic hydroxyl groups is 1. The van der Waals surface area contributed by atoms with Crippen molar-refractivity contribution in [2.45, 2.75) is 70.1 Å². The second-order valence-corrected chi connectivity index (χ2v) is 11.5. The Morgan fingerprint density at radius 3 is 1.94 bits per heavy atom. The number of benzene rings is 2. The van der Waals surface area contributed by atoms with Crippen LogP contribution in [0.15, 0.2) is 53.4 Å². The van der Waals surface area contributed by atoms with Crippen LogP contribution < -0.4 is 0 Å².